The number of rotatable bonds is 1. The van der Waals surface area contributed by atoms with Crippen LogP contribution in [0.5, 0.6) is 0 Å². The minimum atomic E-state index is -4.45. The number of aromatic nitrogens is 2. The van der Waals surface area contributed by atoms with Gasteiger partial charge in [-0.3, -0.25) is 0 Å². The van der Waals surface area contributed by atoms with Crippen LogP contribution in [0.2, 0.25) is 0 Å². The van der Waals surface area contributed by atoms with E-state index in [9.17, 15) is 13.2 Å². The summed E-state index contributed by atoms with van der Waals surface area (Å²) in [6, 6.07) is 0.946. The van der Waals surface area contributed by atoms with Gasteiger partial charge in [-0.25, -0.2) is 9.97 Å². The van der Waals surface area contributed by atoms with Crippen LogP contribution in [0.1, 0.15) is 42.9 Å². The third kappa shape index (κ3) is 2.41. The van der Waals surface area contributed by atoms with Gasteiger partial charge in [-0.15, -0.1) is 0 Å². The minimum Gasteiger partial charge on any atom is -0.319 e. The van der Waals surface area contributed by atoms with Crippen LogP contribution >= 0.6 is 0 Å². The highest BCUT2D eigenvalue weighted by Gasteiger charge is 2.38. The molecular weight excluding hydrogens is 231 g/mol. The summed E-state index contributed by atoms with van der Waals surface area (Å²) in [6.07, 6.45) is -1.33. The zero-order chi connectivity index (χ0) is 12.7. The summed E-state index contributed by atoms with van der Waals surface area (Å²) in [4.78, 5) is 7.66. The van der Waals surface area contributed by atoms with Crippen LogP contribution in [0.4, 0.5) is 13.2 Å². The fraction of sp³-hybridized carbons (Fsp3) is 0.636. The molecule has 17 heavy (non-hydrogen) atoms. The highest BCUT2D eigenvalue weighted by atomic mass is 19.4. The monoisotopic (exact) mass is 245 g/mol. The van der Waals surface area contributed by atoms with Crippen molar-refractivity contribution in [2.24, 2.45) is 5.73 Å². The molecule has 6 heteroatoms. The van der Waals surface area contributed by atoms with Crippen LogP contribution in [0.25, 0.3) is 0 Å². The van der Waals surface area contributed by atoms with E-state index in [1.807, 2.05) is 0 Å². The van der Waals surface area contributed by atoms with E-state index in [-0.39, 0.29) is 5.82 Å². The molecule has 0 atom stereocenters. The zero-order valence-corrected chi connectivity index (χ0v) is 9.51. The largest absolute Gasteiger partial charge is 0.433 e. The topological polar surface area (TPSA) is 51.8 Å². The average Bonchev–Trinajstić information content (AvgIpc) is 2.64. The molecule has 0 bridgehead atoms. The number of hydrogen-bond acceptors (Lipinski definition) is 3. The van der Waals surface area contributed by atoms with Crippen molar-refractivity contribution in [2.45, 2.75) is 44.3 Å². The van der Waals surface area contributed by atoms with Crippen molar-refractivity contribution in [3.8, 4) is 0 Å². The first-order valence-electron chi connectivity index (χ1n) is 5.53. The third-order valence-electron chi connectivity index (χ3n) is 3.09. The molecule has 0 unspecified atom stereocenters. The Morgan fingerprint density at radius 1 is 1.24 bits per heavy atom. The first kappa shape index (κ1) is 12.3. The minimum absolute atomic E-state index is 0.127. The van der Waals surface area contributed by atoms with E-state index in [0.29, 0.717) is 18.5 Å². The van der Waals surface area contributed by atoms with Crippen LogP contribution in [0.3, 0.4) is 0 Å². The van der Waals surface area contributed by atoms with Gasteiger partial charge < -0.3 is 5.73 Å². The number of hydrogen-bond donors (Lipinski definition) is 1. The van der Waals surface area contributed by atoms with Crippen molar-refractivity contribution in [1.82, 2.24) is 9.97 Å². The second kappa shape index (κ2) is 3.94. The molecule has 1 aromatic heterocycles. The fourth-order valence-electron chi connectivity index (χ4n) is 2.17. The molecule has 94 valence electrons. The number of halogens is 3. The molecular formula is C11H14F3N3. The van der Waals surface area contributed by atoms with Crippen molar-refractivity contribution in [3.05, 3.63) is 23.3 Å². The molecule has 0 saturated heterocycles. The van der Waals surface area contributed by atoms with Gasteiger partial charge in [0.2, 0.25) is 0 Å². The number of nitrogens with zero attached hydrogens (tertiary/aromatic N) is 2. The van der Waals surface area contributed by atoms with Crippen LogP contribution < -0.4 is 5.73 Å². The van der Waals surface area contributed by atoms with Gasteiger partial charge in [0.25, 0.3) is 0 Å². The molecule has 0 spiro atoms. The number of aryl methyl sites for hydroxylation is 1. The van der Waals surface area contributed by atoms with Crippen molar-refractivity contribution >= 4 is 0 Å². The molecule has 1 aliphatic carbocycles. The smallest absolute Gasteiger partial charge is 0.319 e. The second-order valence-corrected chi connectivity index (χ2v) is 4.58. The van der Waals surface area contributed by atoms with Crippen molar-refractivity contribution in [3.63, 3.8) is 0 Å². The van der Waals surface area contributed by atoms with Gasteiger partial charge in [-0.05, 0) is 25.8 Å². The molecule has 1 heterocycles. The van der Waals surface area contributed by atoms with E-state index in [0.717, 1.165) is 18.9 Å². The first-order valence-corrected chi connectivity index (χ1v) is 5.53. The molecule has 2 rings (SSSR count). The van der Waals surface area contributed by atoms with Crippen molar-refractivity contribution < 1.29 is 13.2 Å². The predicted molar refractivity (Wildman–Crippen MR) is 56.1 cm³/mol. The Morgan fingerprint density at radius 2 is 1.82 bits per heavy atom. The lowest BCUT2D eigenvalue weighted by atomic mass is 9.98. The lowest BCUT2D eigenvalue weighted by Crippen LogP contribution is -2.36. The Hall–Kier alpha value is -1.17. The van der Waals surface area contributed by atoms with Gasteiger partial charge in [0.05, 0.1) is 5.54 Å². The molecule has 1 saturated carbocycles. The summed E-state index contributed by atoms with van der Waals surface area (Å²) in [5, 5.41) is 0. The maximum atomic E-state index is 12.6. The molecule has 3 nitrogen and oxygen atoms in total. The Labute approximate surface area is 97.3 Å². The maximum Gasteiger partial charge on any atom is 0.433 e. The molecule has 1 aromatic rings. The lowest BCUT2D eigenvalue weighted by Gasteiger charge is -2.22. The highest BCUT2D eigenvalue weighted by molar-refractivity contribution is 5.18. The van der Waals surface area contributed by atoms with Crippen molar-refractivity contribution in [2.75, 3.05) is 0 Å². The fourth-order valence-corrected chi connectivity index (χ4v) is 2.17. The van der Waals surface area contributed by atoms with E-state index in [4.69, 9.17) is 5.73 Å². The van der Waals surface area contributed by atoms with Gasteiger partial charge in [0, 0.05) is 5.69 Å². The lowest BCUT2D eigenvalue weighted by molar-refractivity contribution is -0.141. The summed E-state index contributed by atoms with van der Waals surface area (Å²) in [5.41, 5.74) is 4.68. The molecule has 2 N–H and O–H groups in total. The van der Waals surface area contributed by atoms with E-state index in [1.165, 1.54) is 6.92 Å². The maximum absolute atomic E-state index is 12.6. The Balaban J connectivity index is 2.45. The van der Waals surface area contributed by atoms with Crippen LogP contribution in [-0.4, -0.2) is 9.97 Å². The molecule has 1 aliphatic rings. The summed E-state index contributed by atoms with van der Waals surface area (Å²) >= 11 is 0. The number of alkyl halides is 3. The SMILES string of the molecule is Cc1cc(C(F)(F)F)nc(C2(N)CCCC2)n1. The predicted octanol–water partition coefficient (Wildman–Crippen LogP) is 2.53. The quantitative estimate of drug-likeness (QED) is 0.827. The van der Waals surface area contributed by atoms with Crippen LogP contribution in [0, 0.1) is 6.92 Å². The van der Waals surface area contributed by atoms with Crippen LogP contribution in [-0.2, 0) is 11.7 Å². The van der Waals surface area contributed by atoms with Crippen LogP contribution in [0.15, 0.2) is 6.07 Å². The molecule has 0 amide bonds. The van der Waals surface area contributed by atoms with E-state index < -0.39 is 17.4 Å². The normalized spacial score (nSPS) is 19.6. The average molecular weight is 245 g/mol. The Morgan fingerprint density at radius 3 is 2.35 bits per heavy atom. The second-order valence-electron chi connectivity index (χ2n) is 4.58. The van der Waals surface area contributed by atoms with E-state index in [1.54, 1.807) is 0 Å². The third-order valence-corrected chi connectivity index (χ3v) is 3.09. The van der Waals surface area contributed by atoms with Gasteiger partial charge in [0.15, 0.2) is 0 Å². The molecule has 1 fully saturated rings. The first-order chi connectivity index (χ1) is 7.81. The van der Waals surface area contributed by atoms with Crippen molar-refractivity contribution in [1.29, 1.82) is 0 Å². The number of nitrogens with two attached hydrogens (primary N) is 1. The standard InChI is InChI=1S/C11H14F3N3/c1-7-6-8(11(12,13)14)17-9(16-7)10(15)4-2-3-5-10/h6H,2-5,15H2,1H3. The zero-order valence-electron chi connectivity index (χ0n) is 9.51. The van der Waals surface area contributed by atoms with E-state index >= 15 is 0 Å². The Kier molecular flexibility index (Phi) is 2.85. The summed E-state index contributed by atoms with van der Waals surface area (Å²) in [6.45, 7) is 1.53. The molecule has 0 aromatic carbocycles. The summed E-state index contributed by atoms with van der Waals surface area (Å²) < 4.78 is 37.9. The van der Waals surface area contributed by atoms with Gasteiger partial charge in [-0.1, -0.05) is 12.8 Å². The van der Waals surface area contributed by atoms with Gasteiger partial charge >= 0.3 is 6.18 Å². The Bertz CT molecular complexity index is 422. The van der Waals surface area contributed by atoms with Gasteiger partial charge in [0.1, 0.15) is 11.5 Å². The molecule has 0 aliphatic heterocycles. The van der Waals surface area contributed by atoms with E-state index in [2.05, 4.69) is 9.97 Å². The summed E-state index contributed by atoms with van der Waals surface area (Å²) in [5.74, 6) is 0.127. The summed E-state index contributed by atoms with van der Waals surface area (Å²) in [7, 11) is 0. The molecule has 0 radical (unpaired) electrons. The highest BCUT2D eigenvalue weighted by Crippen LogP contribution is 2.36. The van der Waals surface area contributed by atoms with Gasteiger partial charge in [-0.2, -0.15) is 13.2 Å².